The van der Waals surface area contributed by atoms with Crippen molar-refractivity contribution in [2.24, 2.45) is 0 Å². The Morgan fingerprint density at radius 1 is 1.18 bits per heavy atom. The molecule has 1 aromatic heterocycles. The Hall–Kier alpha value is -2.29. The number of nitrogens with one attached hydrogen (secondary N) is 1. The van der Waals surface area contributed by atoms with Crippen molar-refractivity contribution in [3.05, 3.63) is 46.4 Å². The molecular weight excluding hydrogens is 400 g/mol. The molecule has 1 N–H and O–H groups in total. The zero-order chi connectivity index (χ0) is 20.1. The molecule has 0 saturated carbocycles. The van der Waals surface area contributed by atoms with E-state index in [0.717, 1.165) is 17.5 Å². The van der Waals surface area contributed by atoms with Gasteiger partial charge in [-0.25, -0.2) is 9.07 Å². The SMILES string of the molecule is O=C(c1nn2c(c1Cl)N[C@H](c1ccc(F)cc1)C[C@H]2C(F)(F)F)N1CCCC1. The molecule has 2 aliphatic rings. The fourth-order valence-corrected chi connectivity index (χ4v) is 3.97. The van der Waals surface area contributed by atoms with Crippen LogP contribution in [0.15, 0.2) is 24.3 Å². The highest BCUT2D eigenvalue weighted by Crippen LogP contribution is 2.46. The quantitative estimate of drug-likeness (QED) is 0.729. The van der Waals surface area contributed by atoms with Gasteiger partial charge in [-0.15, -0.1) is 0 Å². The number of benzene rings is 1. The van der Waals surface area contributed by atoms with E-state index in [1.165, 1.54) is 24.3 Å². The van der Waals surface area contributed by atoms with Crippen molar-refractivity contribution < 1.29 is 22.4 Å². The van der Waals surface area contributed by atoms with E-state index in [4.69, 9.17) is 11.6 Å². The maximum Gasteiger partial charge on any atom is 0.410 e. The summed E-state index contributed by atoms with van der Waals surface area (Å²) in [6.07, 6.45) is -3.25. The molecule has 150 valence electrons. The van der Waals surface area contributed by atoms with Crippen LogP contribution in [0.2, 0.25) is 5.02 Å². The molecule has 0 aliphatic carbocycles. The minimum atomic E-state index is -4.58. The Labute approximate surface area is 163 Å². The summed E-state index contributed by atoms with van der Waals surface area (Å²) in [5, 5.41) is 6.75. The summed E-state index contributed by atoms with van der Waals surface area (Å²) in [5.41, 5.74) is 0.312. The summed E-state index contributed by atoms with van der Waals surface area (Å²) >= 11 is 6.29. The number of rotatable bonds is 2. The van der Waals surface area contributed by atoms with Crippen LogP contribution in [0.4, 0.5) is 23.4 Å². The van der Waals surface area contributed by atoms with Crippen LogP contribution in [0, 0.1) is 5.82 Å². The average molecular weight is 417 g/mol. The molecule has 1 saturated heterocycles. The van der Waals surface area contributed by atoms with Gasteiger partial charge in [0.15, 0.2) is 11.7 Å². The largest absolute Gasteiger partial charge is 0.410 e. The number of fused-ring (bicyclic) bond motifs is 1. The molecule has 5 nitrogen and oxygen atoms in total. The summed E-state index contributed by atoms with van der Waals surface area (Å²) in [4.78, 5) is 14.2. The molecule has 2 aromatic rings. The smallest absolute Gasteiger partial charge is 0.362 e. The van der Waals surface area contributed by atoms with Crippen molar-refractivity contribution in [2.75, 3.05) is 18.4 Å². The second-order valence-corrected chi connectivity index (χ2v) is 7.37. The number of carbonyl (C=O) groups is 1. The van der Waals surface area contributed by atoms with E-state index in [9.17, 15) is 22.4 Å². The van der Waals surface area contributed by atoms with Gasteiger partial charge in [-0.2, -0.15) is 18.3 Å². The third kappa shape index (κ3) is 3.32. The van der Waals surface area contributed by atoms with Crippen molar-refractivity contribution >= 4 is 23.3 Å². The van der Waals surface area contributed by atoms with E-state index >= 15 is 0 Å². The third-order valence-electron chi connectivity index (χ3n) is 5.16. The van der Waals surface area contributed by atoms with Crippen molar-refractivity contribution in [3.8, 4) is 0 Å². The molecule has 1 amide bonds. The lowest BCUT2D eigenvalue weighted by Crippen LogP contribution is -2.36. The van der Waals surface area contributed by atoms with E-state index in [1.807, 2.05) is 0 Å². The van der Waals surface area contributed by atoms with E-state index in [2.05, 4.69) is 10.4 Å². The monoisotopic (exact) mass is 416 g/mol. The van der Waals surface area contributed by atoms with Gasteiger partial charge in [-0.05, 0) is 30.5 Å². The number of likely N-dealkylation sites (tertiary alicyclic amines) is 1. The molecule has 0 unspecified atom stereocenters. The van der Waals surface area contributed by atoms with Crippen LogP contribution >= 0.6 is 11.6 Å². The van der Waals surface area contributed by atoms with Gasteiger partial charge in [0.05, 0.1) is 6.04 Å². The van der Waals surface area contributed by atoms with Crippen molar-refractivity contribution in [1.29, 1.82) is 0 Å². The number of hydrogen-bond acceptors (Lipinski definition) is 3. The average Bonchev–Trinajstić information content (AvgIpc) is 3.29. The lowest BCUT2D eigenvalue weighted by Gasteiger charge is -2.33. The van der Waals surface area contributed by atoms with Crippen LogP contribution < -0.4 is 5.32 Å². The van der Waals surface area contributed by atoms with Crippen LogP contribution in [0.5, 0.6) is 0 Å². The molecule has 0 bridgehead atoms. The van der Waals surface area contributed by atoms with Gasteiger partial charge in [-0.1, -0.05) is 23.7 Å². The fourth-order valence-electron chi connectivity index (χ4n) is 3.71. The number of aromatic nitrogens is 2. The predicted octanol–water partition coefficient (Wildman–Crippen LogP) is 4.57. The first-order valence-electron chi connectivity index (χ1n) is 8.91. The van der Waals surface area contributed by atoms with E-state index in [0.29, 0.717) is 18.7 Å². The number of nitrogens with zero attached hydrogens (tertiary/aromatic N) is 3. The molecule has 2 aliphatic heterocycles. The molecule has 10 heteroatoms. The van der Waals surface area contributed by atoms with Gasteiger partial charge in [0.1, 0.15) is 16.7 Å². The number of alkyl halides is 3. The third-order valence-corrected chi connectivity index (χ3v) is 5.52. The minimum Gasteiger partial charge on any atom is -0.362 e. The zero-order valence-corrected chi connectivity index (χ0v) is 15.4. The second kappa shape index (κ2) is 6.95. The predicted molar refractivity (Wildman–Crippen MR) is 94.8 cm³/mol. The minimum absolute atomic E-state index is 0.0490. The zero-order valence-electron chi connectivity index (χ0n) is 14.6. The maximum absolute atomic E-state index is 13.7. The first kappa shape index (κ1) is 19.0. The van der Waals surface area contributed by atoms with E-state index in [1.54, 1.807) is 4.90 Å². The van der Waals surface area contributed by atoms with Crippen LogP contribution in [0.1, 0.15) is 47.4 Å². The Kier molecular flexibility index (Phi) is 4.73. The van der Waals surface area contributed by atoms with Crippen molar-refractivity contribution in [2.45, 2.75) is 37.5 Å². The molecule has 28 heavy (non-hydrogen) atoms. The van der Waals surface area contributed by atoms with Gasteiger partial charge in [0.25, 0.3) is 5.91 Å². The fraction of sp³-hybridized carbons (Fsp3) is 0.444. The summed E-state index contributed by atoms with van der Waals surface area (Å²) in [6, 6.07) is 2.54. The van der Waals surface area contributed by atoms with Gasteiger partial charge >= 0.3 is 6.18 Å². The second-order valence-electron chi connectivity index (χ2n) is 7.00. The molecular formula is C18H17ClF4N4O. The van der Waals surface area contributed by atoms with E-state index < -0.39 is 30.0 Å². The van der Waals surface area contributed by atoms with Crippen LogP contribution in [0.25, 0.3) is 0 Å². The normalized spacial score (nSPS) is 22.1. The molecule has 0 spiro atoms. The first-order valence-corrected chi connectivity index (χ1v) is 9.29. The summed E-state index contributed by atoms with van der Waals surface area (Å²) in [5.74, 6) is -0.994. The maximum atomic E-state index is 13.7. The topological polar surface area (TPSA) is 50.2 Å². The molecule has 4 rings (SSSR count). The molecule has 1 fully saturated rings. The van der Waals surface area contributed by atoms with Crippen molar-refractivity contribution in [1.82, 2.24) is 14.7 Å². The van der Waals surface area contributed by atoms with Gasteiger partial charge < -0.3 is 10.2 Å². The lowest BCUT2D eigenvalue weighted by atomic mass is 9.97. The van der Waals surface area contributed by atoms with Gasteiger partial charge in [0.2, 0.25) is 0 Å². The highest BCUT2D eigenvalue weighted by molar-refractivity contribution is 6.36. The van der Waals surface area contributed by atoms with Crippen molar-refractivity contribution in [3.63, 3.8) is 0 Å². The van der Waals surface area contributed by atoms with Crippen LogP contribution in [-0.4, -0.2) is 39.9 Å². The molecule has 1 aromatic carbocycles. The summed E-state index contributed by atoms with van der Waals surface area (Å²) < 4.78 is 55.1. The highest BCUT2D eigenvalue weighted by atomic mass is 35.5. The molecule has 2 atom stereocenters. The number of anilines is 1. The molecule has 3 heterocycles. The van der Waals surface area contributed by atoms with Gasteiger partial charge in [0, 0.05) is 19.5 Å². The van der Waals surface area contributed by atoms with Crippen LogP contribution in [-0.2, 0) is 0 Å². The summed E-state index contributed by atoms with van der Waals surface area (Å²) in [6.45, 7) is 1.07. The number of hydrogen-bond donors (Lipinski definition) is 1. The number of halogens is 5. The summed E-state index contributed by atoms with van der Waals surface area (Å²) in [7, 11) is 0. The Bertz CT molecular complexity index is 890. The standard InChI is InChI=1S/C18H17ClF4N4O/c19-14-15(17(28)26-7-1-2-8-26)25-27-13(18(21,22)23)9-12(24-16(14)27)10-3-5-11(20)6-4-10/h3-6,12-13,24H,1-2,7-9H2/t12-,13-/m0/s1. The van der Waals surface area contributed by atoms with E-state index in [-0.39, 0.29) is 23.0 Å². The van der Waals surface area contributed by atoms with Gasteiger partial charge in [-0.3, -0.25) is 4.79 Å². The lowest BCUT2D eigenvalue weighted by molar-refractivity contribution is -0.173. The Balaban J connectivity index is 1.73. The number of carbonyl (C=O) groups excluding carboxylic acids is 1. The number of amides is 1. The molecule has 0 radical (unpaired) electrons. The first-order chi connectivity index (χ1) is 13.3. The highest BCUT2D eigenvalue weighted by Gasteiger charge is 2.48. The Morgan fingerprint density at radius 3 is 2.43 bits per heavy atom. The van der Waals surface area contributed by atoms with Crippen LogP contribution in [0.3, 0.4) is 0 Å². The Morgan fingerprint density at radius 2 is 1.82 bits per heavy atom.